The molecule has 0 aromatic carbocycles. The first kappa shape index (κ1) is 15.0. The molecule has 0 N–H and O–H groups in total. The third-order valence-corrected chi connectivity index (χ3v) is 5.00. The number of hydrogen-bond donors (Lipinski definition) is 0. The van der Waals surface area contributed by atoms with Crippen LogP contribution in [0.4, 0.5) is 0 Å². The monoisotopic (exact) mass is 265 g/mol. The summed E-state index contributed by atoms with van der Waals surface area (Å²) in [4.78, 5) is 14.0. The number of hydrogen-bond acceptors (Lipinski definition) is 2. The molecule has 2 rings (SSSR count). The minimum Gasteiger partial charge on any atom is -0.303 e. The van der Waals surface area contributed by atoms with Crippen LogP contribution in [0.2, 0.25) is 0 Å². The fourth-order valence-corrected chi connectivity index (χ4v) is 3.89. The van der Waals surface area contributed by atoms with Crippen LogP contribution < -0.4 is 0 Å². The van der Waals surface area contributed by atoms with E-state index >= 15 is 0 Å². The lowest BCUT2D eigenvalue weighted by Crippen LogP contribution is -2.49. The topological polar surface area (TPSA) is 20.3 Å². The molecule has 2 saturated carbocycles. The number of carbonyl (C=O) groups excluding carboxylic acids is 1. The lowest BCUT2D eigenvalue weighted by atomic mass is 9.85. The standard InChI is InChI=1S/C17H31NO/c1-17(2,14-19)13-18(15-9-5-3-6-10-15)16-11-7-4-8-12-16/h14-16H,3-13H2,1-2H3. The Morgan fingerprint density at radius 1 is 0.895 bits per heavy atom. The van der Waals surface area contributed by atoms with Crippen LogP contribution in [-0.2, 0) is 4.79 Å². The zero-order chi connectivity index (χ0) is 13.7. The van der Waals surface area contributed by atoms with E-state index in [2.05, 4.69) is 18.7 Å². The van der Waals surface area contributed by atoms with Crippen LogP contribution in [0, 0.1) is 5.41 Å². The molecule has 110 valence electrons. The summed E-state index contributed by atoms with van der Waals surface area (Å²) < 4.78 is 0. The molecule has 0 saturated heterocycles. The first-order valence-electron chi connectivity index (χ1n) is 8.34. The highest BCUT2D eigenvalue weighted by Gasteiger charge is 2.32. The lowest BCUT2D eigenvalue weighted by Gasteiger charge is -2.44. The Morgan fingerprint density at radius 3 is 1.68 bits per heavy atom. The maximum absolute atomic E-state index is 11.3. The molecule has 0 aromatic heterocycles. The van der Waals surface area contributed by atoms with Gasteiger partial charge in [0, 0.05) is 24.0 Å². The molecule has 0 bridgehead atoms. The molecule has 0 amide bonds. The van der Waals surface area contributed by atoms with E-state index in [9.17, 15) is 4.79 Å². The summed E-state index contributed by atoms with van der Waals surface area (Å²) in [7, 11) is 0. The molecule has 0 heterocycles. The fraction of sp³-hybridized carbons (Fsp3) is 0.941. The van der Waals surface area contributed by atoms with Gasteiger partial charge in [0.05, 0.1) is 0 Å². The Kier molecular flexibility index (Phi) is 5.44. The molecule has 2 heteroatoms. The second-order valence-corrected chi connectivity index (χ2v) is 7.36. The van der Waals surface area contributed by atoms with Crippen molar-refractivity contribution in [2.75, 3.05) is 6.54 Å². The van der Waals surface area contributed by atoms with E-state index in [4.69, 9.17) is 0 Å². The normalized spacial score (nSPS) is 23.7. The van der Waals surface area contributed by atoms with E-state index in [0.29, 0.717) is 0 Å². The number of aldehydes is 1. The number of rotatable bonds is 5. The smallest absolute Gasteiger partial charge is 0.126 e. The van der Waals surface area contributed by atoms with Crippen LogP contribution in [0.1, 0.15) is 78.1 Å². The molecule has 0 atom stereocenters. The Bertz CT molecular complexity index is 257. The molecule has 0 spiro atoms. The summed E-state index contributed by atoms with van der Waals surface area (Å²) in [5.41, 5.74) is -0.186. The summed E-state index contributed by atoms with van der Waals surface area (Å²) in [5.74, 6) is 0. The zero-order valence-corrected chi connectivity index (χ0v) is 12.9. The molecular formula is C17H31NO. The van der Waals surface area contributed by atoms with Crippen molar-refractivity contribution in [2.45, 2.75) is 90.1 Å². The van der Waals surface area contributed by atoms with E-state index in [-0.39, 0.29) is 5.41 Å². The third kappa shape index (κ3) is 4.30. The third-order valence-electron chi connectivity index (χ3n) is 5.00. The average Bonchev–Trinajstić information content (AvgIpc) is 2.47. The van der Waals surface area contributed by atoms with Crippen molar-refractivity contribution < 1.29 is 4.79 Å². The van der Waals surface area contributed by atoms with Gasteiger partial charge in [0.1, 0.15) is 6.29 Å². The van der Waals surface area contributed by atoms with Crippen molar-refractivity contribution >= 4 is 6.29 Å². The summed E-state index contributed by atoms with van der Waals surface area (Å²) in [5, 5.41) is 0. The van der Waals surface area contributed by atoms with Crippen molar-refractivity contribution in [2.24, 2.45) is 5.41 Å². The SMILES string of the molecule is CC(C)(C=O)CN(C1CCCCC1)C1CCCCC1. The predicted molar refractivity (Wildman–Crippen MR) is 80.3 cm³/mol. The van der Waals surface area contributed by atoms with Crippen LogP contribution >= 0.6 is 0 Å². The van der Waals surface area contributed by atoms with E-state index in [1.807, 2.05) is 0 Å². The van der Waals surface area contributed by atoms with Crippen LogP contribution in [0.25, 0.3) is 0 Å². The maximum Gasteiger partial charge on any atom is 0.126 e. The highest BCUT2D eigenvalue weighted by molar-refractivity contribution is 5.58. The number of nitrogens with zero attached hydrogens (tertiary/aromatic N) is 1. The van der Waals surface area contributed by atoms with Crippen LogP contribution in [0.5, 0.6) is 0 Å². The Morgan fingerprint density at radius 2 is 1.32 bits per heavy atom. The molecule has 0 unspecified atom stereocenters. The Balaban J connectivity index is 2.04. The first-order valence-corrected chi connectivity index (χ1v) is 8.34. The summed E-state index contributed by atoms with van der Waals surface area (Å²) in [6, 6.07) is 1.49. The van der Waals surface area contributed by atoms with E-state index < -0.39 is 0 Å². The minimum absolute atomic E-state index is 0.186. The van der Waals surface area contributed by atoms with Gasteiger partial charge in [-0.2, -0.15) is 0 Å². The molecule has 2 aliphatic carbocycles. The van der Waals surface area contributed by atoms with Gasteiger partial charge in [0.2, 0.25) is 0 Å². The van der Waals surface area contributed by atoms with Crippen LogP contribution in [-0.4, -0.2) is 29.8 Å². The highest BCUT2D eigenvalue weighted by atomic mass is 16.1. The molecule has 0 aliphatic heterocycles. The van der Waals surface area contributed by atoms with Gasteiger partial charge in [-0.25, -0.2) is 0 Å². The maximum atomic E-state index is 11.3. The largest absolute Gasteiger partial charge is 0.303 e. The van der Waals surface area contributed by atoms with Gasteiger partial charge < -0.3 is 4.79 Å². The predicted octanol–water partition coefficient (Wildman–Crippen LogP) is 4.18. The average molecular weight is 265 g/mol. The van der Waals surface area contributed by atoms with Crippen molar-refractivity contribution in [1.82, 2.24) is 4.90 Å². The molecule has 0 aromatic rings. The quantitative estimate of drug-likeness (QED) is 0.695. The van der Waals surface area contributed by atoms with Gasteiger partial charge >= 0.3 is 0 Å². The summed E-state index contributed by atoms with van der Waals surface area (Å²) >= 11 is 0. The van der Waals surface area contributed by atoms with Crippen molar-refractivity contribution in [3.05, 3.63) is 0 Å². The molecule has 2 aliphatic rings. The van der Waals surface area contributed by atoms with Crippen molar-refractivity contribution in [3.63, 3.8) is 0 Å². The fourth-order valence-electron chi connectivity index (χ4n) is 3.89. The molecule has 2 fully saturated rings. The summed E-state index contributed by atoms with van der Waals surface area (Å²) in [6.07, 6.45) is 14.9. The lowest BCUT2D eigenvalue weighted by molar-refractivity contribution is -0.116. The Labute approximate surface area is 118 Å². The first-order chi connectivity index (χ1) is 9.12. The van der Waals surface area contributed by atoms with Gasteiger partial charge in [-0.1, -0.05) is 52.4 Å². The van der Waals surface area contributed by atoms with E-state index in [1.165, 1.54) is 64.2 Å². The molecule has 0 radical (unpaired) electrons. The zero-order valence-electron chi connectivity index (χ0n) is 12.9. The van der Waals surface area contributed by atoms with Gasteiger partial charge in [-0.05, 0) is 25.7 Å². The molecular weight excluding hydrogens is 234 g/mol. The van der Waals surface area contributed by atoms with Gasteiger partial charge in [0.15, 0.2) is 0 Å². The summed E-state index contributed by atoms with van der Waals surface area (Å²) in [6.45, 7) is 5.16. The van der Waals surface area contributed by atoms with Crippen molar-refractivity contribution in [3.8, 4) is 0 Å². The molecule has 19 heavy (non-hydrogen) atoms. The van der Waals surface area contributed by atoms with Crippen LogP contribution in [0.3, 0.4) is 0 Å². The second kappa shape index (κ2) is 6.88. The Hall–Kier alpha value is -0.370. The van der Waals surface area contributed by atoms with E-state index in [0.717, 1.165) is 24.9 Å². The van der Waals surface area contributed by atoms with Crippen LogP contribution in [0.15, 0.2) is 0 Å². The van der Waals surface area contributed by atoms with Gasteiger partial charge in [0.25, 0.3) is 0 Å². The minimum atomic E-state index is -0.186. The van der Waals surface area contributed by atoms with E-state index in [1.54, 1.807) is 0 Å². The van der Waals surface area contributed by atoms with Gasteiger partial charge in [-0.3, -0.25) is 4.90 Å². The second-order valence-electron chi connectivity index (χ2n) is 7.36. The molecule has 2 nitrogen and oxygen atoms in total. The highest BCUT2D eigenvalue weighted by Crippen LogP contribution is 2.32. The van der Waals surface area contributed by atoms with Gasteiger partial charge in [-0.15, -0.1) is 0 Å². The number of carbonyl (C=O) groups is 1. The van der Waals surface area contributed by atoms with Crippen molar-refractivity contribution in [1.29, 1.82) is 0 Å².